The van der Waals surface area contributed by atoms with E-state index in [9.17, 15) is 0 Å². The maximum absolute atomic E-state index is 2.57. The van der Waals surface area contributed by atoms with Crippen LogP contribution >= 0.6 is 0 Å². The standard InChI is InChI=1S/C54H40/c1-33-28-29-45-46(32-33)53(52-40-22-10-7-19-36(40)49(34-16-5-4-6-17-34)37-20-8-11-23-41(37)52)42-24-12-9-21-38(42)50(45)44-31-30-43-35-18-13-14-26-47(35)54(2,3)48-27-15-25-39(44)51(43)48/h4-27,29-33H,28H2,1-3H3. The van der Waals surface area contributed by atoms with Gasteiger partial charge in [-0.15, -0.1) is 0 Å². The van der Waals surface area contributed by atoms with Gasteiger partial charge in [-0.25, -0.2) is 0 Å². The molecule has 0 spiro atoms. The van der Waals surface area contributed by atoms with Gasteiger partial charge in [0.25, 0.3) is 0 Å². The van der Waals surface area contributed by atoms with Crippen molar-refractivity contribution in [2.24, 2.45) is 5.92 Å². The highest BCUT2D eigenvalue weighted by molar-refractivity contribution is 6.25. The summed E-state index contributed by atoms with van der Waals surface area (Å²) < 4.78 is 0. The first-order chi connectivity index (χ1) is 26.5. The van der Waals surface area contributed by atoms with Crippen molar-refractivity contribution in [2.45, 2.75) is 32.6 Å². The van der Waals surface area contributed by atoms with E-state index in [0.717, 1.165) is 6.42 Å². The summed E-state index contributed by atoms with van der Waals surface area (Å²) in [6, 6.07) is 59.2. The van der Waals surface area contributed by atoms with E-state index in [2.05, 4.69) is 191 Å². The summed E-state index contributed by atoms with van der Waals surface area (Å²) in [6.07, 6.45) is 6.14. The predicted molar refractivity (Wildman–Crippen MR) is 232 cm³/mol. The Hall–Kier alpha value is -6.24. The Labute approximate surface area is 316 Å². The molecule has 2 aliphatic rings. The Kier molecular flexibility index (Phi) is 6.74. The van der Waals surface area contributed by atoms with E-state index in [1.165, 1.54) is 109 Å². The molecule has 0 nitrogen and oxygen atoms in total. The second kappa shape index (κ2) is 11.6. The molecule has 1 atom stereocenters. The van der Waals surface area contributed by atoms with Crippen molar-refractivity contribution in [1.82, 2.24) is 0 Å². The molecule has 0 aromatic heterocycles. The molecule has 0 aliphatic heterocycles. The zero-order valence-corrected chi connectivity index (χ0v) is 31.0. The highest BCUT2D eigenvalue weighted by atomic mass is 14.4. The van der Waals surface area contributed by atoms with Crippen molar-refractivity contribution in [1.29, 1.82) is 0 Å². The van der Waals surface area contributed by atoms with Gasteiger partial charge in [0.05, 0.1) is 0 Å². The maximum atomic E-state index is 2.57. The van der Waals surface area contributed by atoms with Gasteiger partial charge >= 0.3 is 0 Å². The van der Waals surface area contributed by atoms with E-state index >= 15 is 0 Å². The fraction of sp³-hybridized carbons (Fsp3) is 0.111. The lowest BCUT2D eigenvalue weighted by Crippen LogP contribution is -2.33. The summed E-state index contributed by atoms with van der Waals surface area (Å²) in [5, 5.41) is 13.2. The summed E-state index contributed by atoms with van der Waals surface area (Å²) >= 11 is 0. The van der Waals surface area contributed by atoms with Gasteiger partial charge < -0.3 is 0 Å². The lowest BCUT2D eigenvalue weighted by molar-refractivity contribution is 0.645. The molecule has 0 fully saturated rings. The first-order valence-electron chi connectivity index (χ1n) is 19.4. The molecule has 2 aliphatic carbocycles. The molecule has 11 rings (SSSR count). The number of rotatable bonds is 3. The molecule has 0 bridgehead atoms. The summed E-state index contributed by atoms with van der Waals surface area (Å²) in [6.45, 7) is 7.16. The zero-order chi connectivity index (χ0) is 36.1. The van der Waals surface area contributed by atoms with Crippen molar-refractivity contribution in [3.05, 3.63) is 179 Å². The lowest BCUT2D eigenvalue weighted by atomic mass is 9.68. The van der Waals surface area contributed by atoms with E-state index in [0.29, 0.717) is 5.92 Å². The smallest absolute Gasteiger partial charge is 0.0159 e. The van der Waals surface area contributed by atoms with Crippen LogP contribution in [0.4, 0.5) is 0 Å². The SMILES string of the molecule is CC1C=c2c(-c3c4ccccc4c(-c4ccccc4)c4ccccc34)c3ccccc3c(-c3ccc4c5c(cccc35)C(C)(C)c3ccccc3-4)c2=CC1. The summed E-state index contributed by atoms with van der Waals surface area (Å²) in [5.74, 6) is 0.431. The van der Waals surface area contributed by atoms with Gasteiger partial charge in [-0.1, -0.05) is 191 Å². The van der Waals surface area contributed by atoms with Gasteiger partial charge in [0, 0.05) is 5.41 Å². The first-order valence-corrected chi connectivity index (χ1v) is 19.4. The average molecular weight is 689 g/mol. The number of hydrogen-bond donors (Lipinski definition) is 0. The minimum Gasteiger partial charge on any atom is -0.0754 e. The van der Waals surface area contributed by atoms with Crippen molar-refractivity contribution < 1.29 is 0 Å². The molecule has 9 aromatic carbocycles. The van der Waals surface area contributed by atoms with Crippen molar-refractivity contribution in [2.75, 3.05) is 0 Å². The van der Waals surface area contributed by atoms with Gasteiger partial charge in [0.2, 0.25) is 0 Å². The molecule has 9 aromatic rings. The summed E-state index contributed by atoms with van der Waals surface area (Å²) in [4.78, 5) is 0. The monoisotopic (exact) mass is 688 g/mol. The first kappa shape index (κ1) is 31.3. The molecule has 0 radical (unpaired) electrons. The Morgan fingerprint density at radius 3 is 1.61 bits per heavy atom. The summed E-state index contributed by atoms with van der Waals surface area (Å²) in [7, 11) is 0. The maximum Gasteiger partial charge on any atom is 0.0159 e. The topological polar surface area (TPSA) is 0 Å². The normalized spacial score (nSPS) is 15.5. The Morgan fingerprint density at radius 1 is 0.407 bits per heavy atom. The molecule has 0 N–H and O–H groups in total. The van der Waals surface area contributed by atoms with Gasteiger partial charge in [-0.3, -0.25) is 0 Å². The Bertz CT molecular complexity index is 3100. The third-order valence-corrected chi connectivity index (χ3v) is 12.6. The minimum absolute atomic E-state index is 0.101. The van der Waals surface area contributed by atoms with Gasteiger partial charge in [-0.05, 0) is 122 Å². The molecule has 256 valence electrons. The highest BCUT2D eigenvalue weighted by Crippen LogP contribution is 2.51. The summed E-state index contributed by atoms with van der Waals surface area (Å²) in [5.41, 5.74) is 13.3. The Morgan fingerprint density at radius 2 is 0.926 bits per heavy atom. The molecule has 0 heteroatoms. The molecule has 1 unspecified atom stereocenters. The van der Waals surface area contributed by atoms with E-state index in [1.807, 2.05) is 0 Å². The molecule has 54 heavy (non-hydrogen) atoms. The number of fused-ring (bicyclic) bond motifs is 6. The van der Waals surface area contributed by atoms with E-state index in [-0.39, 0.29) is 5.41 Å². The zero-order valence-electron chi connectivity index (χ0n) is 31.0. The van der Waals surface area contributed by atoms with E-state index in [4.69, 9.17) is 0 Å². The largest absolute Gasteiger partial charge is 0.0754 e. The molecule has 0 heterocycles. The lowest BCUT2D eigenvalue weighted by Gasteiger charge is -2.35. The van der Waals surface area contributed by atoms with E-state index < -0.39 is 0 Å². The molecular weight excluding hydrogens is 649 g/mol. The number of hydrogen-bond acceptors (Lipinski definition) is 0. The van der Waals surface area contributed by atoms with Crippen LogP contribution in [0, 0.1) is 5.92 Å². The van der Waals surface area contributed by atoms with Crippen LogP contribution in [0.15, 0.2) is 158 Å². The minimum atomic E-state index is -0.101. The predicted octanol–water partition coefficient (Wildman–Crippen LogP) is 13.2. The van der Waals surface area contributed by atoms with Crippen LogP contribution < -0.4 is 10.4 Å². The van der Waals surface area contributed by atoms with E-state index in [1.54, 1.807) is 0 Å². The van der Waals surface area contributed by atoms with Crippen LogP contribution in [-0.4, -0.2) is 0 Å². The highest BCUT2D eigenvalue weighted by Gasteiger charge is 2.34. The van der Waals surface area contributed by atoms with Gasteiger partial charge in [0.15, 0.2) is 0 Å². The second-order valence-electron chi connectivity index (χ2n) is 16.0. The van der Waals surface area contributed by atoms with Crippen LogP contribution in [0.5, 0.6) is 0 Å². The quantitative estimate of drug-likeness (QED) is 0.162. The van der Waals surface area contributed by atoms with Crippen LogP contribution in [0.1, 0.15) is 38.3 Å². The van der Waals surface area contributed by atoms with Crippen molar-refractivity contribution in [3.63, 3.8) is 0 Å². The Balaban J connectivity index is 1.30. The van der Waals surface area contributed by atoms with Gasteiger partial charge in [-0.2, -0.15) is 0 Å². The van der Waals surface area contributed by atoms with Crippen LogP contribution in [-0.2, 0) is 5.41 Å². The van der Waals surface area contributed by atoms with Crippen molar-refractivity contribution >= 4 is 55.2 Å². The average Bonchev–Trinajstić information content (AvgIpc) is 3.21. The fourth-order valence-electron chi connectivity index (χ4n) is 10.2. The van der Waals surface area contributed by atoms with Gasteiger partial charge in [0.1, 0.15) is 0 Å². The molecule has 0 amide bonds. The molecule has 0 saturated carbocycles. The molecule has 0 saturated heterocycles. The molecular formula is C54H40. The fourth-order valence-corrected chi connectivity index (χ4v) is 10.2. The number of benzene rings is 9. The van der Waals surface area contributed by atoms with Crippen molar-refractivity contribution in [3.8, 4) is 44.5 Å². The second-order valence-corrected chi connectivity index (χ2v) is 16.0. The van der Waals surface area contributed by atoms with Crippen LogP contribution in [0.2, 0.25) is 0 Å². The van der Waals surface area contributed by atoms with Crippen LogP contribution in [0.25, 0.3) is 99.7 Å². The third kappa shape index (κ3) is 4.32. The van der Waals surface area contributed by atoms with Crippen LogP contribution in [0.3, 0.4) is 0 Å². The third-order valence-electron chi connectivity index (χ3n) is 12.6.